The van der Waals surface area contributed by atoms with Crippen molar-refractivity contribution in [2.75, 3.05) is 31.3 Å². The van der Waals surface area contributed by atoms with E-state index in [1.54, 1.807) is 36.4 Å². The zero-order chi connectivity index (χ0) is 20.7. The zero-order valence-electron chi connectivity index (χ0n) is 16.3. The Morgan fingerprint density at radius 2 is 1.53 bits per heavy atom. The van der Waals surface area contributed by atoms with Crippen LogP contribution in [0.1, 0.15) is 26.3 Å². The average Bonchev–Trinajstić information content (AvgIpc) is 3.67. The van der Waals surface area contributed by atoms with Gasteiger partial charge >= 0.3 is 0 Å². The summed E-state index contributed by atoms with van der Waals surface area (Å²) in [5, 5.41) is 0. The third kappa shape index (κ3) is 3.69. The van der Waals surface area contributed by atoms with Gasteiger partial charge in [-0.05, 0) is 48.4 Å². The second-order valence-electron chi connectivity index (χ2n) is 7.47. The minimum Gasteiger partial charge on any atom is -0.491 e. The van der Waals surface area contributed by atoms with Gasteiger partial charge in [0.1, 0.15) is 36.9 Å². The van der Waals surface area contributed by atoms with Crippen LogP contribution in [0.3, 0.4) is 0 Å². The van der Waals surface area contributed by atoms with Crippen molar-refractivity contribution < 1.29 is 28.5 Å². The Kier molecular flexibility index (Phi) is 4.77. The van der Waals surface area contributed by atoms with Gasteiger partial charge in [-0.1, -0.05) is 6.08 Å². The number of carbonyl (C=O) groups is 2. The van der Waals surface area contributed by atoms with E-state index < -0.39 is 0 Å². The summed E-state index contributed by atoms with van der Waals surface area (Å²) in [6.07, 6.45) is 2.49. The molecule has 0 bridgehead atoms. The predicted octanol–water partition coefficient (Wildman–Crippen LogP) is 2.77. The molecule has 2 amide bonds. The van der Waals surface area contributed by atoms with E-state index in [0.717, 1.165) is 5.56 Å². The molecule has 2 unspecified atom stereocenters. The van der Waals surface area contributed by atoms with E-state index in [-0.39, 0.29) is 24.0 Å². The van der Waals surface area contributed by atoms with Gasteiger partial charge in [0.2, 0.25) is 0 Å². The molecular weight excluding hydrogens is 386 g/mol. The predicted molar refractivity (Wildman–Crippen MR) is 108 cm³/mol. The molecule has 30 heavy (non-hydrogen) atoms. The molecule has 0 aliphatic carbocycles. The van der Waals surface area contributed by atoms with Crippen LogP contribution in [0.5, 0.6) is 11.5 Å². The van der Waals surface area contributed by atoms with Crippen molar-refractivity contribution in [3.05, 3.63) is 65.7 Å². The normalized spacial score (nSPS) is 21.4. The van der Waals surface area contributed by atoms with Crippen molar-refractivity contribution in [2.24, 2.45) is 0 Å². The molecule has 2 aromatic rings. The van der Waals surface area contributed by atoms with Gasteiger partial charge in [-0.2, -0.15) is 0 Å². The molecule has 2 fully saturated rings. The maximum atomic E-state index is 13.1. The number of imide groups is 1. The van der Waals surface area contributed by atoms with Crippen molar-refractivity contribution >= 4 is 17.5 Å². The van der Waals surface area contributed by atoms with Gasteiger partial charge in [-0.15, -0.1) is 6.58 Å². The molecule has 2 atom stereocenters. The molecular formula is C23H21NO6. The number of rotatable bonds is 9. The summed E-state index contributed by atoms with van der Waals surface area (Å²) in [5.41, 5.74) is 2.02. The first-order chi connectivity index (χ1) is 14.6. The van der Waals surface area contributed by atoms with E-state index in [9.17, 15) is 9.59 Å². The van der Waals surface area contributed by atoms with Crippen molar-refractivity contribution in [1.29, 1.82) is 0 Å². The highest BCUT2D eigenvalue weighted by molar-refractivity contribution is 6.34. The molecule has 0 aromatic heterocycles. The SMILES string of the molecule is C=CCc1cc(OCC2CO2)ccc1N1C(=O)c2ccc(OCC3CO3)cc2C1=O. The van der Waals surface area contributed by atoms with Crippen molar-refractivity contribution in [3.8, 4) is 11.5 Å². The smallest absolute Gasteiger partial charge is 0.266 e. The first kappa shape index (κ1) is 18.8. The monoisotopic (exact) mass is 407 g/mol. The van der Waals surface area contributed by atoms with Crippen LogP contribution in [-0.2, 0) is 15.9 Å². The second kappa shape index (κ2) is 7.59. The summed E-state index contributed by atoms with van der Waals surface area (Å²) >= 11 is 0. The average molecular weight is 407 g/mol. The quantitative estimate of drug-likeness (QED) is 0.361. The van der Waals surface area contributed by atoms with Crippen LogP contribution >= 0.6 is 0 Å². The van der Waals surface area contributed by atoms with Gasteiger partial charge in [-0.3, -0.25) is 9.59 Å². The molecule has 0 saturated carbocycles. The van der Waals surface area contributed by atoms with Crippen LogP contribution in [0, 0.1) is 0 Å². The molecule has 3 heterocycles. The third-order valence-corrected chi connectivity index (χ3v) is 5.19. The topological polar surface area (TPSA) is 80.9 Å². The Morgan fingerprint density at radius 1 is 0.933 bits per heavy atom. The van der Waals surface area contributed by atoms with Gasteiger partial charge in [0.15, 0.2) is 0 Å². The van der Waals surface area contributed by atoms with Crippen LogP contribution in [0.2, 0.25) is 0 Å². The fourth-order valence-corrected chi connectivity index (χ4v) is 3.42. The standard InChI is InChI=1S/C23H21NO6/c1-2-3-14-8-15(27-10-17-12-29-17)5-7-21(14)24-22(25)19-6-4-16(9-20(19)23(24)26)28-11-18-13-30-18/h2,4-9,17-18H,1,3,10-13H2. The van der Waals surface area contributed by atoms with E-state index in [0.29, 0.717) is 61.2 Å². The highest BCUT2D eigenvalue weighted by atomic mass is 16.6. The van der Waals surface area contributed by atoms with Gasteiger partial charge < -0.3 is 18.9 Å². The van der Waals surface area contributed by atoms with E-state index in [4.69, 9.17) is 18.9 Å². The number of hydrogen-bond acceptors (Lipinski definition) is 6. The van der Waals surface area contributed by atoms with E-state index in [1.165, 1.54) is 4.90 Å². The molecule has 0 spiro atoms. The van der Waals surface area contributed by atoms with Gasteiger partial charge in [0, 0.05) is 0 Å². The zero-order valence-corrected chi connectivity index (χ0v) is 16.3. The fourth-order valence-electron chi connectivity index (χ4n) is 3.42. The summed E-state index contributed by atoms with van der Waals surface area (Å²) in [5.74, 6) is 0.496. The minimum atomic E-state index is -0.367. The lowest BCUT2D eigenvalue weighted by Gasteiger charge is -2.19. The largest absolute Gasteiger partial charge is 0.491 e. The Morgan fingerprint density at radius 3 is 2.17 bits per heavy atom. The summed E-state index contributed by atoms with van der Waals surface area (Å²) in [6.45, 7) is 6.11. The Labute approximate surface area is 173 Å². The number of fused-ring (bicyclic) bond motifs is 1. The minimum absolute atomic E-state index is 0.112. The molecule has 7 nitrogen and oxygen atoms in total. The summed E-state index contributed by atoms with van der Waals surface area (Å²) < 4.78 is 21.7. The Balaban J connectivity index is 1.41. The molecule has 2 saturated heterocycles. The molecule has 0 radical (unpaired) electrons. The fraction of sp³-hybridized carbons (Fsp3) is 0.304. The Hall–Kier alpha value is -3.16. The third-order valence-electron chi connectivity index (χ3n) is 5.19. The highest BCUT2D eigenvalue weighted by Gasteiger charge is 2.38. The number of amides is 2. The highest BCUT2D eigenvalue weighted by Crippen LogP contribution is 2.35. The number of epoxide rings is 2. The lowest BCUT2D eigenvalue weighted by atomic mass is 10.1. The lowest BCUT2D eigenvalue weighted by molar-refractivity contribution is 0.0925. The molecule has 3 aliphatic heterocycles. The maximum absolute atomic E-state index is 13.1. The van der Waals surface area contributed by atoms with E-state index in [1.807, 2.05) is 6.07 Å². The number of hydrogen-bond donors (Lipinski definition) is 0. The molecule has 2 aromatic carbocycles. The lowest BCUT2D eigenvalue weighted by Crippen LogP contribution is -2.30. The molecule has 3 aliphatic rings. The Bertz CT molecular complexity index is 1020. The number of benzene rings is 2. The van der Waals surface area contributed by atoms with Crippen molar-refractivity contribution in [3.63, 3.8) is 0 Å². The first-order valence-corrected chi connectivity index (χ1v) is 9.89. The number of nitrogens with zero attached hydrogens (tertiary/aromatic N) is 1. The number of carbonyl (C=O) groups excluding carboxylic acids is 2. The van der Waals surface area contributed by atoms with Crippen LogP contribution in [0.4, 0.5) is 5.69 Å². The van der Waals surface area contributed by atoms with Crippen LogP contribution in [0.25, 0.3) is 0 Å². The van der Waals surface area contributed by atoms with Gasteiger partial charge in [0.25, 0.3) is 11.8 Å². The molecule has 154 valence electrons. The summed E-state index contributed by atoms with van der Waals surface area (Å²) in [6, 6.07) is 10.3. The maximum Gasteiger partial charge on any atom is 0.266 e. The number of ether oxygens (including phenoxy) is 4. The van der Waals surface area contributed by atoms with Gasteiger partial charge in [0.05, 0.1) is 30.0 Å². The van der Waals surface area contributed by atoms with Gasteiger partial charge in [-0.25, -0.2) is 4.90 Å². The summed E-state index contributed by atoms with van der Waals surface area (Å²) in [7, 11) is 0. The number of anilines is 1. The first-order valence-electron chi connectivity index (χ1n) is 9.89. The van der Waals surface area contributed by atoms with Crippen molar-refractivity contribution in [2.45, 2.75) is 18.6 Å². The van der Waals surface area contributed by atoms with E-state index in [2.05, 4.69) is 6.58 Å². The molecule has 5 rings (SSSR count). The van der Waals surface area contributed by atoms with Crippen molar-refractivity contribution in [1.82, 2.24) is 0 Å². The summed E-state index contributed by atoms with van der Waals surface area (Å²) in [4.78, 5) is 27.4. The van der Waals surface area contributed by atoms with Crippen LogP contribution < -0.4 is 14.4 Å². The van der Waals surface area contributed by atoms with Crippen LogP contribution in [-0.4, -0.2) is 50.4 Å². The van der Waals surface area contributed by atoms with E-state index >= 15 is 0 Å². The second-order valence-corrected chi connectivity index (χ2v) is 7.47. The molecule has 0 N–H and O–H groups in total. The number of allylic oxidation sites excluding steroid dienone is 1. The molecule has 7 heteroatoms. The van der Waals surface area contributed by atoms with Crippen LogP contribution in [0.15, 0.2) is 49.1 Å².